The normalized spacial score (nSPS) is 16.2. The lowest BCUT2D eigenvalue weighted by Gasteiger charge is -2.29. The zero-order valence-electron chi connectivity index (χ0n) is 14.9. The summed E-state index contributed by atoms with van der Waals surface area (Å²) in [7, 11) is -1.76. The summed E-state index contributed by atoms with van der Waals surface area (Å²) >= 11 is 0. The van der Waals surface area contributed by atoms with E-state index < -0.39 is 10.0 Å². The van der Waals surface area contributed by atoms with Crippen molar-refractivity contribution in [3.05, 3.63) is 53.6 Å². The molecule has 0 aliphatic carbocycles. The van der Waals surface area contributed by atoms with Crippen molar-refractivity contribution in [1.82, 2.24) is 0 Å². The topological polar surface area (TPSA) is 75.7 Å². The third kappa shape index (κ3) is 3.83. The van der Waals surface area contributed by atoms with Gasteiger partial charge in [0.2, 0.25) is 10.0 Å². The van der Waals surface area contributed by atoms with Gasteiger partial charge in [-0.15, -0.1) is 0 Å². The van der Waals surface area contributed by atoms with Crippen molar-refractivity contribution in [2.24, 2.45) is 0 Å². The molecule has 7 heteroatoms. The number of amides is 1. The molecule has 1 N–H and O–H groups in total. The van der Waals surface area contributed by atoms with Gasteiger partial charge in [0.1, 0.15) is 5.75 Å². The number of hydrogen-bond donors (Lipinski definition) is 1. The van der Waals surface area contributed by atoms with E-state index in [1.54, 1.807) is 49.6 Å². The number of aryl methyl sites for hydroxylation is 1. The molecular weight excluding hydrogens is 352 g/mol. The number of carbonyl (C=O) groups is 1. The van der Waals surface area contributed by atoms with Crippen LogP contribution in [0.4, 0.5) is 11.4 Å². The Morgan fingerprint density at radius 2 is 1.96 bits per heavy atom. The Bertz CT molecular complexity index is 925. The van der Waals surface area contributed by atoms with Crippen molar-refractivity contribution in [3.63, 3.8) is 0 Å². The monoisotopic (exact) mass is 374 g/mol. The van der Waals surface area contributed by atoms with Gasteiger partial charge in [-0.05, 0) is 49.6 Å². The van der Waals surface area contributed by atoms with E-state index in [2.05, 4.69) is 5.32 Å². The first-order valence-electron chi connectivity index (χ1n) is 8.47. The Kier molecular flexibility index (Phi) is 5.18. The smallest absolute Gasteiger partial charge is 0.255 e. The Hall–Kier alpha value is -2.54. The fraction of sp³-hybridized carbons (Fsp3) is 0.316. The van der Waals surface area contributed by atoms with Gasteiger partial charge < -0.3 is 10.1 Å². The molecule has 0 atom stereocenters. The second-order valence-corrected chi connectivity index (χ2v) is 8.30. The predicted octanol–water partition coefficient (Wildman–Crippen LogP) is 3.19. The fourth-order valence-corrected chi connectivity index (χ4v) is 4.68. The van der Waals surface area contributed by atoms with Gasteiger partial charge in [0, 0.05) is 23.9 Å². The highest BCUT2D eigenvalue weighted by Gasteiger charge is 2.27. The van der Waals surface area contributed by atoms with Gasteiger partial charge >= 0.3 is 0 Å². The Morgan fingerprint density at radius 1 is 1.15 bits per heavy atom. The molecule has 0 aromatic heterocycles. The van der Waals surface area contributed by atoms with E-state index in [-0.39, 0.29) is 11.7 Å². The molecule has 1 amide bonds. The Balaban J connectivity index is 1.88. The molecule has 2 aromatic carbocycles. The summed E-state index contributed by atoms with van der Waals surface area (Å²) in [5, 5.41) is 2.82. The van der Waals surface area contributed by atoms with Crippen LogP contribution in [0.1, 0.15) is 28.8 Å². The SMILES string of the molecule is COc1cccc(NC(=O)c2ccc(C)c(N3CCCCS3(=O)=O)c2)c1. The molecule has 1 saturated heterocycles. The van der Waals surface area contributed by atoms with Crippen LogP contribution in [0.25, 0.3) is 0 Å². The second-order valence-electron chi connectivity index (χ2n) is 6.28. The molecule has 0 radical (unpaired) electrons. The maximum Gasteiger partial charge on any atom is 0.255 e. The molecule has 0 bridgehead atoms. The largest absolute Gasteiger partial charge is 0.497 e. The molecule has 138 valence electrons. The van der Waals surface area contributed by atoms with E-state index in [1.165, 1.54) is 4.31 Å². The van der Waals surface area contributed by atoms with E-state index in [0.717, 1.165) is 12.0 Å². The van der Waals surface area contributed by atoms with Crippen LogP contribution in [-0.2, 0) is 10.0 Å². The van der Waals surface area contributed by atoms with Crippen molar-refractivity contribution in [3.8, 4) is 5.75 Å². The number of anilines is 2. The molecule has 1 aliphatic heterocycles. The molecule has 2 aromatic rings. The minimum Gasteiger partial charge on any atom is -0.497 e. The van der Waals surface area contributed by atoms with E-state index in [1.807, 2.05) is 6.92 Å². The van der Waals surface area contributed by atoms with Crippen LogP contribution in [0, 0.1) is 6.92 Å². The average molecular weight is 374 g/mol. The fourth-order valence-electron chi connectivity index (χ4n) is 2.98. The molecule has 1 aliphatic rings. The van der Waals surface area contributed by atoms with E-state index in [0.29, 0.717) is 35.7 Å². The molecular formula is C19H22N2O4S. The van der Waals surface area contributed by atoms with Crippen LogP contribution < -0.4 is 14.4 Å². The number of rotatable bonds is 4. The number of carbonyl (C=O) groups excluding carboxylic acids is 1. The van der Waals surface area contributed by atoms with Crippen LogP contribution in [0.5, 0.6) is 5.75 Å². The van der Waals surface area contributed by atoms with Crippen LogP contribution in [0.15, 0.2) is 42.5 Å². The highest BCUT2D eigenvalue weighted by atomic mass is 32.2. The minimum absolute atomic E-state index is 0.146. The molecule has 6 nitrogen and oxygen atoms in total. The van der Waals surface area contributed by atoms with Crippen molar-refractivity contribution in [2.75, 3.05) is 29.0 Å². The van der Waals surface area contributed by atoms with Crippen molar-refractivity contribution < 1.29 is 17.9 Å². The summed E-state index contributed by atoms with van der Waals surface area (Å²) in [5.41, 5.74) is 2.42. The summed E-state index contributed by atoms with van der Waals surface area (Å²) in [4.78, 5) is 12.6. The molecule has 26 heavy (non-hydrogen) atoms. The molecule has 1 fully saturated rings. The van der Waals surface area contributed by atoms with Gasteiger partial charge in [0.15, 0.2) is 0 Å². The summed E-state index contributed by atoms with van der Waals surface area (Å²) in [6.07, 6.45) is 1.49. The lowest BCUT2D eigenvalue weighted by molar-refractivity contribution is 0.102. The van der Waals surface area contributed by atoms with Crippen LogP contribution in [0.3, 0.4) is 0 Å². The highest BCUT2D eigenvalue weighted by molar-refractivity contribution is 7.92. The number of hydrogen-bond acceptors (Lipinski definition) is 4. The van der Waals surface area contributed by atoms with Crippen LogP contribution in [0.2, 0.25) is 0 Å². The first-order valence-corrected chi connectivity index (χ1v) is 10.1. The number of sulfonamides is 1. The third-order valence-corrected chi connectivity index (χ3v) is 6.27. The molecule has 0 spiro atoms. The van der Waals surface area contributed by atoms with Crippen LogP contribution in [-0.4, -0.2) is 33.7 Å². The molecule has 3 rings (SSSR count). The van der Waals surface area contributed by atoms with Crippen LogP contribution >= 0.6 is 0 Å². The molecule has 0 saturated carbocycles. The second kappa shape index (κ2) is 7.37. The summed E-state index contributed by atoms with van der Waals surface area (Å²) in [6, 6.07) is 12.2. The van der Waals surface area contributed by atoms with E-state index >= 15 is 0 Å². The van der Waals surface area contributed by atoms with Gasteiger partial charge in [0.25, 0.3) is 5.91 Å². The first-order chi connectivity index (χ1) is 12.4. The Morgan fingerprint density at radius 3 is 2.69 bits per heavy atom. The van der Waals surface area contributed by atoms with Gasteiger partial charge in [-0.2, -0.15) is 0 Å². The quantitative estimate of drug-likeness (QED) is 0.892. The van der Waals surface area contributed by atoms with Gasteiger partial charge in [-0.1, -0.05) is 12.1 Å². The number of nitrogens with zero attached hydrogens (tertiary/aromatic N) is 1. The minimum atomic E-state index is -3.32. The summed E-state index contributed by atoms with van der Waals surface area (Å²) < 4.78 is 31.4. The Labute approximate surface area is 153 Å². The van der Waals surface area contributed by atoms with E-state index in [4.69, 9.17) is 4.74 Å². The van der Waals surface area contributed by atoms with Gasteiger partial charge in [0.05, 0.1) is 18.6 Å². The average Bonchev–Trinajstić information content (AvgIpc) is 2.62. The first kappa shape index (κ1) is 18.3. The summed E-state index contributed by atoms with van der Waals surface area (Å²) in [5.74, 6) is 0.493. The van der Waals surface area contributed by atoms with Crippen molar-refractivity contribution in [2.45, 2.75) is 19.8 Å². The lowest BCUT2D eigenvalue weighted by atomic mass is 10.1. The van der Waals surface area contributed by atoms with Crippen molar-refractivity contribution in [1.29, 1.82) is 0 Å². The van der Waals surface area contributed by atoms with Gasteiger partial charge in [-0.25, -0.2) is 8.42 Å². The van der Waals surface area contributed by atoms with E-state index in [9.17, 15) is 13.2 Å². The molecule has 0 unspecified atom stereocenters. The standard InChI is InChI=1S/C19H22N2O4S/c1-14-8-9-15(12-18(14)21-10-3-4-11-26(21,23)24)19(22)20-16-6-5-7-17(13-16)25-2/h5-9,12-13H,3-4,10-11H2,1-2H3,(H,20,22). The summed E-state index contributed by atoms with van der Waals surface area (Å²) in [6.45, 7) is 2.30. The van der Waals surface area contributed by atoms with Crippen molar-refractivity contribution >= 4 is 27.3 Å². The maximum absolute atomic E-state index is 12.6. The maximum atomic E-state index is 12.6. The zero-order valence-corrected chi connectivity index (χ0v) is 15.7. The number of ether oxygens (including phenoxy) is 1. The number of nitrogens with one attached hydrogen (secondary N) is 1. The third-order valence-electron chi connectivity index (χ3n) is 4.42. The molecule has 1 heterocycles. The zero-order chi connectivity index (χ0) is 18.7. The highest BCUT2D eigenvalue weighted by Crippen LogP contribution is 2.28. The van der Waals surface area contributed by atoms with Gasteiger partial charge in [-0.3, -0.25) is 9.10 Å². The number of methoxy groups -OCH3 is 1. The predicted molar refractivity (Wildman–Crippen MR) is 102 cm³/mol. The lowest BCUT2D eigenvalue weighted by Crippen LogP contribution is -2.38. The number of benzene rings is 2.